The molecule has 1 amide bonds. The first-order valence-electron chi connectivity index (χ1n) is 9.07. The molecule has 0 aromatic heterocycles. The maximum atomic E-state index is 12.5. The highest BCUT2D eigenvalue weighted by Gasteiger charge is 2.26. The molecule has 0 saturated heterocycles. The van der Waals surface area contributed by atoms with Crippen LogP contribution in [0, 0.1) is 5.92 Å². The van der Waals surface area contributed by atoms with Crippen molar-refractivity contribution in [2.45, 2.75) is 37.8 Å². The zero-order valence-electron chi connectivity index (χ0n) is 16.4. The molecular formula is C20H22Cl2N2O5S. The molecule has 0 aliphatic rings. The van der Waals surface area contributed by atoms with E-state index < -0.39 is 27.9 Å². The molecule has 1 atom stereocenters. The van der Waals surface area contributed by atoms with E-state index in [1.54, 1.807) is 6.07 Å². The number of hydrogen-bond donors (Lipinski definition) is 3. The first-order chi connectivity index (χ1) is 14.0. The van der Waals surface area contributed by atoms with Crippen LogP contribution in [0.3, 0.4) is 0 Å². The molecular weight excluding hydrogens is 451 g/mol. The van der Waals surface area contributed by atoms with Crippen LogP contribution in [0.1, 0.15) is 36.2 Å². The van der Waals surface area contributed by atoms with Crippen molar-refractivity contribution in [2.24, 2.45) is 5.92 Å². The van der Waals surface area contributed by atoms with Crippen LogP contribution in [0.15, 0.2) is 47.4 Å². The number of nitrogens with one attached hydrogen (secondary N) is 2. The Hall–Kier alpha value is -2.13. The summed E-state index contributed by atoms with van der Waals surface area (Å²) in [5.74, 6) is -1.62. The summed E-state index contributed by atoms with van der Waals surface area (Å²) in [7, 11) is -4.00. The molecule has 0 fully saturated rings. The van der Waals surface area contributed by atoms with Crippen LogP contribution in [0.25, 0.3) is 0 Å². The fourth-order valence-electron chi connectivity index (χ4n) is 2.66. The van der Waals surface area contributed by atoms with E-state index in [9.17, 15) is 23.1 Å². The molecule has 2 aromatic rings. The average Bonchev–Trinajstić information content (AvgIpc) is 2.65. The van der Waals surface area contributed by atoms with Crippen molar-refractivity contribution in [1.29, 1.82) is 0 Å². The standard InChI is InChI=1S/C20H22Cl2N2O5S/c1-12(2)9-18(20(26)27)24-30(28,29)15-6-3-13(4-7-15)11-23-19(25)16-8-5-14(21)10-17(16)22/h3-8,10,12,18,24H,9,11H2,1-2H3,(H,23,25)(H,26,27). The third-order valence-electron chi connectivity index (χ3n) is 4.17. The van der Waals surface area contributed by atoms with Crippen LogP contribution >= 0.6 is 23.2 Å². The van der Waals surface area contributed by atoms with E-state index in [2.05, 4.69) is 10.0 Å². The van der Waals surface area contributed by atoms with Crippen molar-refractivity contribution >= 4 is 45.1 Å². The minimum Gasteiger partial charge on any atom is -0.480 e. The normalized spacial score (nSPS) is 12.6. The number of aliphatic carboxylic acids is 1. The van der Waals surface area contributed by atoms with E-state index in [0.717, 1.165) is 0 Å². The van der Waals surface area contributed by atoms with E-state index in [1.165, 1.54) is 36.4 Å². The second-order valence-electron chi connectivity index (χ2n) is 7.09. The smallest absolute Gasteiger partial charge is 0.321 e. The van der Waals surface area contributed by atoms with E-state index >= 15 is 0 Å². The maximum absolute atomic E-state index is 12.5. The second-order valence-corrected chi connectivity index (χ2v) is 9.65. The summed E-state index contributed by atoms with van der Waals surface area (Å²) >= 11 is 11.8. The van der Waals surface area contributed by atoms with Crippen molar-refractivity contribution in [3.05, 3.63) is 63.6 Å². The summed E-state index contributed by atoms with van der Waals surface area (Å²) in [5.41, 5.74) is 0.929. The molecule has 2 rings (SSSR count). The minimum absolute atomic E-state index is 0.00827. The lowest BCUT2D eigenvalue weighted by molar-refractivity contribution is -0.139. The highest BCUT2D eigenvalue weighted by Crippen LogP contribution is 2.21. The van der Waals surface area contributed by atoms with Gasteiger partial charge in [0.1, 0.15) is 6.04 Å². The van der Waals surface area contributed by atoms with Gasteiger partial charge in [-0.25, -0.2) is 8.42 Å². The average molecular weight is 473 g/mol. The number of carbonyl (C=O) groups excluding carboxylic acids is 1. The molecule has 3 N–H and O–H groups in total. The number of sulfonamides is 1. The third kappa shape index (κ3) is 6.70. The van der Waals surface area contributed by atoms with Crippen LogP contribution < -0.4 is 10.0 Å². The van der Waals surface area contributed by atoms with Gasteiger partial charge < -0.3 is 10.4 Å². The Bertz CT molecular complexity index is 1020. The molecule has 10 heteroatoms. The van der Waals surface area contributed by atoms with Crippen molar-refractivity contribution in [2.75, 3.05) is 0 Å². The van der Waals surface area contributed by atoms with Gasteiger partial charge in [-0.15, -0.1) is 0 Å². The number of carboxylic acid groups (broad SMARTS) is 1. The summed E-state index contributed by atoms with van der Waals surface area (Å²) in [6, 6.07) is 9.11. The van der Waals surface area contributed by atoms with E-state index in [-0.39, 0.29) is 34.4 Å². The number of hydrogen-bond acceptors (Lipinski definition) is 4. The van der Waals surface area contributed by atoms with Gasteiger partial charge in [-0.2, -0.15) is 4.72 Å². The highest BCUT2D eigenvalue weighted by atomic mass is 35.5. The van der Waals surface area contributed by atoms with Gasteiger partial charge in [0.15, 0.2) is 0 Å². The van der Waals surface area contributed by atoms with E-state index in [4.69, 9.17) is 23.2 Å². The van der Waals surface area contributed by atoms with Crippen LogP contribution in [0.2, 0.25) is 10.0 Å². The van der Waals surface area contributed by atoms with Crippen molar-refractivity contribution in [3.8, 4) is 0 Å². The fourth-order valence-corrected chi connectivity index (χ4v) is 4.36. The Morgan fingerprint density at radius 3 is 2.23 bits per heavy atom. The predicted molar refractivity (Wildman–Crippen MR) is 115 cm³/mol. The molecule has 2 aromatic carbocycles. The molecule has 30 heavy (non-hydrogen) atoms. The molecule has 0 aliphatic carbocycles. The molecule has 0 aliphatic heterocycles. The molecule has 0 radical (unpaired) electrons. The number of carboxylic acids is 1. The minimum atomic E-state index is -4.00. The largest absolute Gasteiger partial charge is 0.480 e. The predicted octanol–water partition coefficient (Wildman–Crippen LogP) is 3.70. The Morgan fingerprint density at radius 2 is 1.70 bits per heavy atom. The van der Waals surface area contributed by atoms with Gasteiger partial charge in [0.05, 0.1) is 15.5 Å². The molecule has 7 nitrogen and oxygen atoms in total. The lowest BCUT2D eigenvalue weighted by Gasteiger charge is -2.16. The topological polar surface area (TPSA) is 113 Å². The summed E-state index contributed by atoms with van der Waals surface area (Å²) < 4.78 is 27.2. The zero-order chi connectivity index (χ0) is 22.5. The Labute approximate surface area is 185 Å². The molecule has 0 saturated carbocycles. The Balaban J connectivity index is 2.04. The van der Waals surface area contributed by atoms with Gasteiger partial charge in [0, 0.05) is 11.6 Å². The summed E-state index contributed by atoms with van der Waals surface area (Å²) in [5, 5.41) is 12.6. The van der Waals surface area contributed by atoms with Crippen molar-refractivity contribution in [1.82, 2.24) is 10.0 Å². The van der Waals surface area contributed by atoms with Crippen molar-refractivity contribution < 1.29 is 23.1 Å². The van der Waals surface area contributed by atoms with Crippen LogP contribution in [0.5, 0.6) is 0 Å². The number of carbonyl (C=O) groups is 2. The molecule has 162 valence electrons. The number of benzene rings is 2. The zero-order valence-corrected chi connectivity index (χ0v) is 18.7. The molecule has 0 bridgehead atoms. The van der Waals surface area contributed by atoms with Gasteiger partial charge in [0.2, 0.25) is 10.0 Å². The van der Waals surface area contributed by atoms with E-state index in [0.29, 0.717) is 10.6 Å². The lowest BCUT2D eigenvalue weighted by atomic mass is 10.1. The Kier molecular flexibility index (Phi) is 8.25. The van der Waals surface area contributed by atoms with E-state index in [1.807, 2.05) is 13.8 Å². The highest BCUT2D eigenvalue weighted by molar-refractivity contribution is 7.89. The molecule has 0 heterocycles. The van der Waals surface area contributed by atoms with Gasteiger partial charge >= 0.3 is 5.97 Å². The first kappa shape index (κ1) is 24.1. The third-order valence-corrected chi connectivity index (χ3v) is 6.20. The SMILES string of the molecule is CC(C)CC(NS(=O)(=O)c1ccc(CNC(=O)c2ccc(Cl)cc2Cl)cc1)C(=O)O. The summed E-state index contributed by atoms with van der Waals surface area (Å²) in [6.07, 6.45) is 0.173. The van der Waals surface area contributed by atoms with Crippen molar-refractivity contribution in [3.63, 3.8) is 0 Å². The van der Waals surface area contributed by atoms with Crippen LogP contribution in [-0.4, -0.2) is 31.4 Å². The maximum Gasteiger partial charge on any atom is 0.321 e. The quantitative estimate of drug-likeness (QED) is 0.514. The summed E-state index contributed by atoms with van der Waals surface area (Å²) in [6.45, 7) is 3.77. The Morgan fingerprint density at radius 1 is 1.07 bits per heavy atom. The number of amides is 1. The van der Waals surface area contributed by atoms with Gasteiger partial charge in [0.25, 0.3) is 5.91 Å². The van der Waals surface area contributed by atoms with Gasteiger partial charge in [-0.3, -0.25) is 9.59 Å². The fraction of sp³-hybridized carbons (Fsp3) is 0.300. The number of rotatable bonds is 9. The molecule has 0 spiro atoms. The monoisotopic (exact) mass is 472 g/mol. The second kappa shape index (κ2) is 10.3. The number of halogens is 2. The van der Waals surface area contributed by atoms with Gasteiger partial charge in [-0.05, 0) is 48.2 Å². The molecule has 1 unspecified atom stereocenters. The van der Waals surface area contributed by atoms with Crippen LogP contribution in [-0.2, 0) is 21.4 Å². The summed E-state index contributed by atoms with van der Waals surface area (Å²) in [4.78, 5) is 23.5. The van der Waals surface area contributed by atoms with Gasteiger partial charge in [-0.1, -0.05) is 49.2 Å². The van der Waals surface area contributed by atoms with Crippen LogP contribution in [0.4, 0.5) is 0 Å². The lowest BCUT2D eigenvalue weighted by Crippen LogP contribution is -2.41. The first-order valence-corrected chi connectivity index (χ1v) is 11.3.